The maximum absolute atomic E-state index is 17.1. The zero-order valence-electron chi connectivity index (χ0n) is 25.0. The number of benzene rings is 1. The summed E-state index contributed by atoms with van der Waals surface area (Å²) in [5.41, 5.74) is 2.15. The van der Waals surface area contributed by atoms with Crippen LogP contribution in [0.15, 0.2) is 18.5 Å². The Balaban J connectivity index is 1.24. The third-order valence-electron chi connectivity index (χ3n) is 10.5. The molecule has 10 rings (SSSR count). The van der Waals surface area contributed by atoms with Gasteiger partial charge < -0.3 is 19.7 Å². The molecule has 1 aliphatic carbocycles. The number of alkyl halides is 1. The van der Waals surface area contributed by atoms with Crippen molar-refractivity contribution in [3.63, 3.8) is 0 Å². The predicted octanol–water partition coefficient (Wildman–Crippen LogP) is 5.33. The zero-order valence-corrected chi connectivity index (χ0v) is 25.8. The number of aromatic amines is 1. The number of carbonyl (C=O) groups excluding carboxylic acids is 1. The molecule has 8 heterocycles. The maximum atomic E-state index is 17.1. The van der Waals surface area contributed by atoms with Gasteiger partial charge in [0.25, 0.3) is 0 Å². The van der Waals surface area contributed by atoms with Crippen LogP contribution in [0.3, 0.4) is 0 Å². The van der Waals surface area contributed by atoms with Gasteiger partial charge in [-0.25, -0.2) is 13.6 Å². The van der Waals surface area contributed by atoms with E-state index in [4.69, 9.17) is 26.1 Å². The van der Waals surface area contributed by atoms with E-state index in [-0.39, 0.29) is 55.0 Å². The van der Waals surface area contributed by atoms with Crippen molar-refractivity contribution < 1.29 is 23.0 Å². The highest BCUT2D eigenvalue weighted by molar-refractivity contribution is 6.33. The van der Waals surface area contributed by atoms with Crippen LogP contribution in [-0.4, -0.2) is 87.4 Å². The number of amides is 1. The molecule has 6 aliphatic rings. The van der Waals surface area contributed by atoms with E-state index < -0.39 is 24.1 Å². The summed E-state index contributed by atoms with van der Waals surface area (Å²) in [5.74, 6) is 0.182. The van der Waals surface area contributed by atoms with Gasteiger partial charge in [0.05, 0.1) is 36.3 Å². The summed E-state index contributed by atoms with van der Waals surface area (Å²) in [6.45, 7) is 2.07. The van der Waals surface area contributed by atoms with Crippen molar-refractivity contribution in [2.75, 3.05) is 37.7 Å². The number of hydrogen-bond acceptors (Lipinski definition) is 9. The van der Waals surface area contributed by atoms with Crippen LogP contribution >= 0.6 is 11.6 Å². The van der Waals surface area contributed by atoms with Gasteiger partial charge in [-0.15, -0.1) is 0 Å². The summed E-state index contributed by atoms with van der Waals surface area (Å²) in [4.78, 5) is 30.8. The first-order valence-corrected chi connectivity index (χ1v) is 16.6. The number of carbonyl (C=O) groups is 1. The average Bonchev–Trinajstić information content (AvgIpc) is 3.45. The highest BCUT2D eigenvalue weighted by Crippen LogP contribution is 2.56. The number of hydrogen-bond donors (Lipinski definition) is 2. The molecule has 5 atom stereocenters. The van der Waals surface area contributed by atoms with Gasteiger partial charge in [-0.1, -0.05) is 11.6 Å². The van der Waals surface area contributed by atoms with E-state index in [1.807, 2.05) is 6.07 Å². The number of nitrogens with one attached hydrogen (secondary N) is 2. The van der Waals surface area contributed by atoms with Gasteiger partial charge in [-0.05, 0) is 62.0 Å². The van der Waals surface area contributed by atoms with E-state index in [2.05, 4.69) is 30.4 Å². The number of alkyl carbamates (subject to hydrolysis) is 1. The van der Waals surface area contributed by atoms with Crippen LogP contribution in [0.4, 0.5) is 19.4 Å². The van der Waals surface area contributed by atoms with E-state index in [0.29, 0.717) is 45.0 Å². The Hall–Kier alpha value is -3.84. The molecule has 1 unspecified atom stereocenters. The standard InChI is InChI=1S/C32H33ClF2N8O3/c33-20-10-22-18(12-37-41-22)25-24(20)17-9-16(17)5-8-45-32(44)38-23-14-43(13-21(23)34)29-19-11-36-28(25)26(35)27(19)39-31(40-29)46-30-15-3-1-6-42(30)7-2-4-15/h10-12,15-17,21,23,30H,1-9,13-14H2,(H,37,41)(H,38,44)/t16-,17+,21+,23-,30?/m0/s1. The Morgan fingerprint density at radius 1 is 1.07 bits per heavy atom. The van der Waals surface area contributed by atoms with Crippen LogP contribution in [0.25, 0.3) is 33.1 Å². The number of piperidine rings is 2. The molecule has 3 aromatic heterocycles. The van der Waals surface area contributed by atoms with Crippen LogP contribution < -0.4 is 15.0 Å². The number of anilines is 1. The number of ether oxygens (including phenoxy) is 2. The SMILES string of the molecule is O=C1N[C@H]2CN(C[C@H]2F)c2nc(OC3C4CCCN3CCC4)nc3c(F)c(ncc23)-c2c(c(Cl)cc3[nH]ncc23)[C@@H]2C[C@@H]2CCO1. The monoisotopic (exact) mass is 650 g/mol. The lowest BCUT2D eigenvalue weighted by atomic mass is 9.87. The van der Waals surface area contributed by atoms with Crippen LogP contribution in [0, 0.1) is 17.7 Å². The highest BCUT2D eigenvalue weighted by atomic mass is 35.5. The van der Waals surface area contributed by atoms with Gasteiger partial charge in [0.2, 0.25) is 0 Å². The molecule has 4 aromatic rings. The average molecular weight is 651 g/mol. The molecule has 5 aliphatic heterocycles. The molecule has 4 fully saturated rings. The van der Waals surface area contributed by atoms with Gasteiger partial charge in [0, 0.05) is 47.7 Å². The molecule has 240 valence electrons. The quantitative estimate of drug-likeness (QED) is 0.296. The fraction of sp³-hybridized carbons (Fsp3) is 0.531. The third-order valence-corrected chi connectivity index (χ3v) is 10.8. The van der Waals surface area contributed by atoms with Crippen LogP contribution in [-0.2, 0) is 4.74 Å². The minimum atomic E-state index is -1.39. The second kappa shape index (κ2) is 10.9. The summed E-state index contributed by atoms with van der Waals surface area (Å²) >= 11 is 6.90. The minimum absolute atomic E-state index is 0.0120. The fourth-order valence-corrected chi connectivity index (χ4v) is 8.50. The van der Waals surface area contributed by atoms with Crippen LogP contribution in [0.1, 0.15) is 50.0 Å². The second-order valence-electron chi connectivity index (χ2n) is 13.3. The van der Waals surface area contributed by atoms with Crippen molar-refractivity contribution in [3.8, 4) is 17.3 Å². The Morgan fingerprint density at radius 3 is 2.74 bits per heavy atom. The van der Waals surface area contributed by atoms with Crippen molar-refractivity contribution in [1.29, 1.82) is 0 Å². The lowest BCUT2D eigenvalue weighted by Crippen LogP contribution is -2.52. The third kappa shape index (κ3) is 4.64. The van der Waals surface area contributed by atoms with Crippen molar-refractivity contribution >= 4 is 45.3 Å². The van der Waals surface area contributed by atoms with E-state index in [1.54, 1.807) is 17.3 Å². The van der Waals surface area contributed by atoms with Crippen LogP contribution in [0.2, 0.25) is 5.02 Å². The Labute approximate surface area is 268 Å². The van der Waals surface area contributed by atoms with Crippen LogP contribution in [0.5, 0.6) is 6.01 Å². The summed E-state index contributed by atoms with van der Waals surface area (Å²) in [7, 11) is 0. The van der Waals surface area contributed by atoms with E-state index in [9.17, 15) is 4.79 Å². The number of pyridine rings is 1. The largest absolute Gasteiger partial charge is 0.450 e. The predicted molar refractivity (Wildman–Crippen MR) is 166 cm³/mol. The van der Waals surface area contributed by atoms with E-state index >= 15 is 8.78 Å². The number of nitrogens with zero attached hydrogens (tertiary/aromatic N) is 6. The maximum Gasteiger partial charge on any atom is 0.407 e. The van der Waals surface area contributed by atoms with Gasteiger partial charge in [-0.2, -0.15) is 15.1 Å². The molecule has 11 nitrogen and oxygen atoms in total. The van der Waals surface area contributed by atoms with E-state index in [1.165, 1.54) is 0 Å². The smallest absolute Gasteiger partial charge is 0.407 e. The summed E-state index contributed by atoms with van der Waals surface area (Å²) in [5, 5.41) is 11.4. The summed E-state index contributed by atoms with van der Waals surface area (Å²) < 4.78 is 44.5. The molecule has 0 radical (unpaired) electrons. The van der Waals surface area contributed by atoms with Crippen molar-refractivity contribution in [2.45, 2.75) is 62.9 Å². The van der Waals surface area contributed by atoms with Gasteiger partial charge in [0.15, 0.2) is 12.0 Å². The number of halogens is 3. The highest BCUT2D eigenvalue weighted by Gasteiger charge is 2.43. The molecule has 2 N–H and O–H groups in total. The molecule has 1 aromatic carbocycles. The number of fused-ring (bicyclic) bond motifs is 8. The molecule has 0 spiro atoms. The first-order valence-electron chi connectivity index (χ1n) is 16.2. The molecular weight excluding hydrogens is 618 g/mol. The summed E-state index contributed by atoms with van der Waals surface area (Å²) in [6.07, 6.45) is 6.62. The first kappa shape index (κ1) is 28.4. The Bertz CT molecular complexity index is 1850. The molecule has 14 heteroatoms. The lowest BCUT2D eigenvalue weighted by Gasteiger charge is -2.44. The van der Waals surface area contributed by atoms with Crippen molar-refractivity contribution in [2.24, 2.45) is 11.8 Å². The molecule has 3 saturated heterocycles. The zero-order chi connectivity index (χ0) is 31.1. The molecular formula is C32H33ClF2N8O3. The van der Waals surface area contributed by atoms with Gasteiger partial charge in [0.1, 0.15) is 23.2 Å². The number of aromatic nitrogens is 5. The number of rotatable bonds is 2. The molecule has 1 amide bonds. The Kier molecular flexibility index (Phi) is 6.71. The topological polar surface area (TPSA) is 121 Å². The molecule has 1 saturated carbocycles. The van der Waals surface area contributed by atoms with Crippen molar-refractivity contribution in [3.05, 3.63) is 34.9 Å². The normalized spacial score (nSPS) is 30.5. The van der Waals surface area contributed by atoms with Gasteiger partial charge >= 0.3 is 12.1 Å². The Morgan fingerprint density at radius 2 is 1.91 bits per heavy atom. The summed E-state index contributed by atoms with van der Waals surface area (Å²) in [6, 6.07) is 1.02. The lowest BCUT2D eigenvalue weighted by molar-refractivity contribution is -0.0770. The van der Waals surface area contributed by atoms with E-state index in [0.717, 1.165) is 50.8 Å². The van der Waals surface area contributed by atoms with Gasteiger partial charge in [-0.3, -0.25) is 15.0 Å². The van der Waals surface area contributed by atoms with Crippen molar-refractivity contribution in [1.82, 2.24) is 35.4 Å². The number of H-pyrrole nitrogens is 1. The minimum Gasteiger partial charge on any atom is -0.450 e. The molecule has 46 heavy (non-hydrogen) atoms. The first-order chi connectivity index (χ1) is 22.4. The molecule has 8 bridgehead atoms. The fourth-order valence-electron chi connectivity index (χ4n) is 8.16. The second-order valence-corrected chi connectivity index (χ2v) is 13.7.